The molecule has 5 nitrogen and oxygen atoms in total. The molecule has 0 unspecified atom stereocenters. The Balaban J connectivity index is 1.44. The van der Waals surface area contributed by atoms with Crippen molar-refractivity contribution in [3.8, 4) is 16.9 Å². The highest BCUT2D eigenvalue weighted by Crippen LogP contribution is 2.31. The molecule has 4 aromatic rings. The molecule has 0 radical (unpaired) electrons. The van der Waals surface area contributed by atoms with Gasteiger partial charge in [0.25, 0.3) is 0 Å². The summed E-state index contributed by atoms with van der Waals surface area (Å²) in [5.74, 6) is 0.410. The highest BCUT2D eigenvalue weighted by atomic mass is 19.1. The van der Waals surface area contributed by atoms with Crippen LogP contribution in [0.4, 0.5) is 10.1 Å². The van der Waals surface area contributed by atoms with Crippen LogP contribution in [-0.2, 0) is 6.54 Å². The van der Waals surface area contributed by atoms with Gasteiger partial charge in [0.15, 0.2) is 0 Å². The van der Waals surface area contributed by atoms with Crippen LogP contribution in [0.15, 0.2) is 75.9 Å². The Morgan fingerprint density at radius 3 is 2.36 bits per heavy atom. The van der Waals surface area contributed by atoms with Crippen molar-refractivity contribution in [1.82, 2.24) is 4.90 Å². The number of phenols is 1. The van der Waals surface area contributed by atoms with Crippen LogP contribution in [0.5, 0.6) is 5.75 Å². The Hall–Kier alpha value is -3.64. The molecule has 1 aliphatic heterocycles. The molecule has 0 amide bonds. The van der Waals surface area contributed by atoms with Gasteiger partial charge in [-0.2, -0.15) is 0 Å². The number of anilines is 1. The lowest BCUT2D eigenvalue weighted by Gasteiger charge is -2.36. The summed E-state index contributed by atoms with van der Waals surface area (Å²) in [7, 11) is 0. The third-order valence-electron chi connectivity index (χ3n) is 6.32. The number of nitrogens with zero attached hydrogens (tertiary/aromatic N) is 2. The van der Waals surface area contributed by atoms with Gasteiger partial charge < -0.3 is 14.4 Å². The molecule has 1 N–H and O–H groups in total. The molecule has 0 spiro atoms. The van der Waals surface area contributed by atoms with Crippen LogP contribution in [0, 0.1) is 12.7 Å². The first-order valence-corrected chi connectivity index (χ1v) is 11.1. The smallest absolute Gasteiger partial charge is 0.200 e. The number of aryl methyl sites for hydroxylation is 1. The van der Waals surface area contributed by atoms with Crippen molar-refractivity contribution in [2.75, 3.05) is 31.1 Å². The number of phenolic OH excluding ortho intramolecular Hbond substituents is 1. The molecule has 0 saturated carbocycles. The van der Waals surface area contributed by atoms with Crippen molar-refractivity contribution in [2.24, 2.45) is 0 Å². The topological polar surface area (TPSA) is 56.9 Å². The van der Waals surface area contributed by atoms with Gasteiger partial charge in [0.1, 0.15) is 22.9 Å². The van der Waals surface area contributed by atoms with Crippen molar-refractivity contribution >= 4 is 16.7 Å². The molecule has 1 aromatic heterocycles. The summed E-state index contributed by atoms with van der Waals surface area (Å²) in [6, 6.07) is 19.5. The summed E-state index contributed by atoms with van der Waals surface area (Å²) in [6.07, 6.45) is 0. The standard InChI is InChI=1S/C27H25FN2O3/c1-18-25(19-7-3-2-4-8-19)26(32)20-11-12-24(31)21(27(20)33-18)17-29-13-15-30(16-14-29)23-10-6-5-9-22(23)28/h2-12,31H,13-17H2,1H3. The average Bonchev–Trinajstić information content (AvgIpc) is 2.83. The molecule has 1 fully saturated rings. The number of rotatable bonds is 4. The maximum Gasteiger partial charge on any atom is 0.200 e. The predicted octanol–water partition coefficient (Wildman–Crippen LogP) is 4.94. The SMILES string of the molecule is Cc1oc2c(CN3CCN(c4ccccc4F)CC3)c(O)ccc2c(=O)c1-c1ccccc1. The van der Waals surface area contributed by atoms with Gasteiger partial charge in [0, 0.05) is 32.7 Å². The van der Waals surface area contributed by atoms with E-state index in [1.807, 2.05) is 41.3 Å². The zero-order valence-electron chi connectivity index (χ0n) is 18.4. The molecule has 0 atom stereocenters. The minimum absolute atomic E-state index is 0.106. The van der Waals surface area contributed by atoms with Crippen LogP contribution in [0.3, 0.4) is 0 Å². The maximum atomic E-state index is 14.1. The first kappa shape index (κ1) is 21.2. The van der Waals surface area contributed by atoms with Gasteiger partial charge in [0.05, 0.1) is 22.2 Å². The van der Waals surface area contributed by atoms with E-state index in [0.29, 0.717) is 66.3 Å². The van der Waals surface area contributed by atoms with Gasteiger partial charge in [-0.25, -0.2) is 4.39 Å². The fourth-order valence-corrected chi connectivity index (χ4v) is 4.58. The number of para-hydroxylation sites is 1. The highest BCUT2D eigenvalue weighted by Gasteiger charge is 2.23. The zero-order chi connectivity index (χ0) is 22.9. The number of hydrogen-bond acceptors (Lipinski definition) is 5. The van der Waals surface area contributed by atoms with Gasteiger partial charge in [-0.1, -0.05) is 42.5 Å². The van der Waals surface area contributed by atoms with Crippen LogP contribution in [0.1, 0.15) is 11.3 Å². The summed E-state index contributed by atoms with van der Waals surface area (Å²) in [5, 5.41) is 11.1. The fourth-order valence-electron chi connectivity index (χ4n) is 4.58. The van der Waals surface area contributed by atoms with Crippen LogP contribution < -0.4 is 10.3 Å². The van der Waals surface area contributed by atoms with Gasteiger partial charge in [0.2, 0.25) is 5.43 Å². The van der Waals surface area contributed by atoms with Gasteiger partial charge in [-0.15, -0.1) is 0 Å². The van der Waals surface area contributed by atoms with E-state index in [1.54, 1.807) is 31.2 Å². The molecule has 33 heavy (non-hydrogen) atoms. The first-order chi connectivity index (χ1) is 16.0. The van der Waals surface area contributed by atoms with Crippen molar-refractivity contribution in [1.29, 1.82) is 0 Å². The molecule has 6 heteroatoms. The molecule has 3 aromatic carbocycles. The number of benzene rings is 3. The average molecular weight is 445 g/mol. The predicted molar refractivity (Wildman–Crippen MR) is 128 cm³/mol. The normalized spacial score (nSPS) is 14.7. The lowest BCUT2D eigenvalue weighted by molar-refractivity contribution is 0.246. The molecular weight excluding hydrogens is 419 g/mol. The van der Waals surface area contributed by atoms with Gasteiger partial charge >= 0.3 is 0 Å². The van der Waals surface area contributed by atoms with E-state index in [4.69, 9.17) is 4.42 Å². The van der Waals surface area contributed by atoms with Crippen molar-refractivity contribution < 1.29 is 13.9 Å². The summed E-state index contributed by atoms with van der Waals surface area (Å²) in [6.45, 7) is 4.98. The van der Waals surface area contributed by atoms with E-state index in [1.165, 1.54) is 6.07 Å². The second-order valence-electron chi connectivity index (χ2n) is 8.38. The molecule has 168 valence electrons. The van der Waals surface area contributed by atoms with E-state index >= 15 is 0 Å². The van der Waals surface area contributed by atoms with E-state index in [2.05, 4.69) is 4.90 Å². The lowest BCUT2D eigenvalue weighted by atomic mass is 10.0. The Morgan fingerprint density at radius 2 is 1.64 bits per heavy atom. The molecule has 0 aliphatic carbocycles. The number of halogens is 1. The van der Waals surface area contributed by atoms with Crippen molar-refractivity contribution in [2.45, 2.75) is 13.5 Å². The van der Waals surface area contributed by atoms with Crippen LogP contribution in [-0.4, -0.2) is 36.2 Å². The maximum absolute atomic E-state index is 14.1. The Kier molecular flexibility index (Phi) is 5.60. The Morgan fingerprint density at radius 1 is 0.939 bits per heavy atom. The Bertz CT molecular complexity index is 1360. The minimum Gasteiger partial charge on any atom is -0.507 e. The van der Waals surface area contributed by atoms with Crippen molar-refractivity contribution in [3.63, 3.8) is 0 Å². The van der Waals surface area contributed by atoms with Gasteiger partial charge in [-0.3, -0.25) is 9.69 Å². The second kappa shape index (κ2) is 8.71. The second-order valence-corrected chi connectivity index (χ2v) is 8.38. The highest BCUT2D eigenvalue weighted by molar-refractivity contribution is 5.86. The van der Waals surface area contributed by atoms with E-state index in [0.717, 1.165) is 5.56 Å². The van der Waals surface area contributed by atoms with E-state index < -0.39 is 0 Å². The van der Waals surface area contributed by atoms with Crippen LogP contribution in [0.2, 0.25) is 0 Å². The van der Waals surface area contributed by atoms with Gasteiger partial charge in [-0.05, 0) is 36.8 Å². The largest absolute Gasteiger partial charge is 0.507 e. The third-order valence-corrected chi connectivity index (χ3v) is 6.32. The molecule has 2 heterocycles. The minimum atomic E-state index is -0.218. The van der Waals surface area contributed by atoms with E-state index in [-0.39, 0.29) is 17.0 Å². The monoisotopic (exact) mass is 444 g/mol. The lowest BCUT2D eigenvalue weighted by Crippen LogP contribution is -2.46. The summed E-state index contributed by atoms with van der Waals surface area (Å²) in [5.41, 5.74) is 2.88. The first-order valence-electron chi connectivity index (χ1n) is 11.1. The number of fused-ring (bicyclic) bond motifs is 1. The molecule has 1 saturated heterocycles. The van der Waals surface area contributed by atoms with Crippen LogP contribution >= 0.6 is 0 Å². The molecular formula is C27H25FN2O3. The number of piperazine rings is 1. The van der Waals surface area contributed by atoms with Crippen LogP contribution in [0.25, 0.3) is 22.1 Å². The summed E-state index contributed by atoms with van der Waals surface area (Å²) in [4.78, 5) is 17.6. The quantitative estimate of drug-likeness (QED) is 0.483. The molecule has 0 bridgehead atoms. The number of aromatic hydroxyl groups is 1. The van der Waals surface area contributed by atoms with E-state index in [9.17, 15) is 14.3 Å². The third kappa shape index (κ3) is 3.98. The summed E-state index contributed by atoms with van der Waals surface area (Å²) < 4.78 is 20.3. The summed E-state index contributed by atoms with van der Waals surface area (Å²) >= 11 is 0. The fraction of sp³-hybridized carbons (Fsp3) is 0.222. The number of hydrogen-bond donors (Lipinski definition) is 1. The Labute approximate surface area is 191 Å². The zero-order valence-corrected chi connectivity index (χ0v) is 18.4. The van der Waals surface area contributed by atoms with Crippen molar-refractivity contribution in [3.05, 3.63) is 94.1 Å². The molecule has 1 aliphatic rings. The molecule has 5 rings (SSSR count).